The first-order valence-corrected chi connectivity index (χ1v) is 6.45. The maximum atomic E-state index is 12.1. The molecule has 0 aliphatic rings. The SMILES string of the molecule is Cc1cc(C(=O)Nc2cccnc2Br)ccc1[N+](=O)[O-]. The summed E-state index contributed by atoms with van der Waals surface area (Å²) in [5.74, 6) is -0.350. The van der Waals surface area contributed by atoms with Gasteiger partial charge in [-0.3, -0.25) is 14.9 Å². The van der Waals surface area contributed by atoms with Crippen molar-refractivity contribution < 1.29 is 9.72 Å². The molecule has 0 aliphatic carbocycles. The van der Waals surface area contributed by atoms with Gasteiger partial charge in [0.25, 0.3) is 11.6 Å². The van der Waals surface area contributed by atoms with E-state index < -0.39 is 4.92 Å². The summed E-state index contributed by atoms with van der Waals surface area (Å²) in [6, 6.07) is 7.62. The molecular weight excluding hydrogens is 326 g/mol. The lowest BCUT2D eigenvalue weighted by Crippen LogP contribution is -2.13. The molecule has 1 heterocycles. The van der Waals surface area contributed by atoms with Crippen molar-refractivity contribution in [3.05, 3.63) is 62.4 Å². The van der Waals surface area contributed by atoms with E-state index in [0.29, 0.717) is 21.4 Å². The first-order valence-electron chi connectivity index (χ1n) is 5.66. The predicted molar refractivity (Wildman–Crippen MR) is 77.7 cm³/mol. The molecule has 7 heteroatoms. The molecule has 0 radical (unpaired) electrons. The third kappa shape index (κ3) is 3.00. The molecule has 6 nitrogen and oxygen atoms in total. The molecule has 0 bridgehead atoms. The van der Waals surface area contributed by atoms with Gasteiger partial charge >= 0.3 is 0 Å². The van der Waals surface area contributed by atoms with Crippen molar-refractivity contribution in [3.8, 4) is 0 Å². The standard InChI is InChI=1S/C13H10BrN3O3/c1-8-7-9(4-5-11(8)17(19)20)13(18)16-10-3-2-6-15-12(10)14/h2-7H,1H3,(H,16,18). The smallest absolute Gasteiger partial charge is 0.272 e. The van der Waals surface area contributed by atoms with Crippen LogP contribution in [0, 0.1) is 17.0 Å². The summed E-state index contributed by atoms with van der Waals surface area (Å²) in [5.41, 5.74) is 1.31. The zero-order valence-electron chi connectivity index (χ0n) is 10.5. The molecule has 2 rings (SSSR count). The minimum atomic E-state index is -0.477. The second-order valence-corrected chi connectivity index (χ2v) is 4.81. The molecule has 1 aromatic carbocycles. The number of hydrogen-bond donors (Lipinski definition) is 1. The molecule has 0 saturated heterocycles. The minimum Gasteiger partial charge on any atom is -0.320 e. The lowest BCUT2D eigenvalue weighted by Gasteiger charge is -2.07. The number of hydrogen-bond acceptors (Lipinski definition) is 4. The summed E-state index contributed by atoms with van der Waals surface area (Å²) in [6.45, 7) is 1.59. The number of aryl methyl sites for hydroxylation is 1. The van der Waals surface area contributed by atoms with E-state index in [1.165, 1.54) is 18.2 Å². The van der Waals surface area contributed by atoms with Crippen molar-refractivity contribution in [3.63, 3.8) is 0 Å². The zero-order valence-corrected chi connectivity index (χ0v) is 12.0. The molecule has 0 unspecified atom stereocenters. The van der Waals surface area contributed by atoms with Gasteiger partial charge in [0.1, 0.15) is 4.60 Å². The number of carbonyl (C=O) groups is 1. The van der Waals surface area contributed by atoms with Gasteiger partial charge in [-0.15, -0.1) is 0 Å². The summed E-state index contributed by atoms with van der Waals surface area (Å²) < 4.78 is 0.520. The summed E-state index contributed by atoms with van der Waals surface area (Å²) in [4.78, 5) is 26.3. The Bertz CT molecular complexity index is 688. The zero-order chi connectivity index (χ0) is 14.7. The normalized spacial score (nSPS) is 10.1. The van der Waals surface area contributed by atoms with E-state index in [4.69, 9.17) is 0 Å². The second-order valence-electron chi connectivity index (χ2n) is 4.05. The van der Waals surface area contributed by atoms with Crippen molar-refractivity contribution in [1.29, 1.82) is 0 Å². The van der Waals surface area contributed by atoms with Crippen LogP contribution >= 0.6 is 15.9 Å². The quantitative estimate of drug-likeness (QED) is 0.529. The van der Waals surface area contributed by atoms with E-state index in [-0.39, 0.29) is 11.6 Å². The third-order valence-electron chi connectivity index (χ3n) is 2.66. The van der Waals surface area contributed by atoms with Crippen LogP contribution in [0.25, 0.3) is 0 Å². The Morgan fingerprint density at radius 2 is 2.15 bits per heavy atom. The largest absolute Gasteiger partial charge is 0.320 e. The summed E-state index contributed by atoms with van der Waals surface area (Å²) in [5, 5.41) is 13.4. The van der Waals surface area contributed by atoms with Gasteiger partial charge in [-0.2, -0.15) is 0 Å². The van der Waals surface area contributed by atoms with Gasteiger partial charge in [0.05, 0.1) is 10.6 Å². The Balaban J connectivity index is 2.24. The Kier molecular flexibility index (Phi) is 4.09. The fourth-order valence-electron chi connectivity index (χ4n) is 1.68. The van der Waals surface area contributed by atoms with Gasteiger partial charge in [0, 0.05) is 23.4 Å². The van der Waals surface area contributed by atoms with Gasteiger partial charge in [-0.25, -0.2) is 4.98 Å². The number of pyridine rings is 1. The molecule has 0 spiro atoms. The molecule has 2 aromatic rings. The molecule has 1 N–H and O–H groups in total. The highest BCUT2D eigenvalue weighted by atomic mass is 79.9. The average molecular weight is 336 g/mol. The summed E-state index contributed by atoms with van der Waals surface area (Å²) in [6.07, 6.45) is 1.59. The highest BCUT2D eigenvalue weighted by molar-refractivity contribution is 9.10. The minimum absolute atomic E-state index is 0.0101. The van der Waals surface area contributed by atoms with Crippen molar-refractivity contribution in [2.24, 2.45) is 0 Å². The van der Waals surface area contributed by atoms with E-state index in [0.717, 1.165) is 0 Å². The number of aromatic nitrogens is 1. The van der Waals surface area contributed by atoms with Crippen LogP contribution in [0.2, 0.25) is 0 Å². The van der Waals surface area contributed by atoms with Gasteiger partial charge in [0.2, 0.25) is 0 Å². The van der Waals surface area contributed by atoms with E-state index in [2.05, 4.69) is 26.2 Å². The molecule has 0 saturated carbocycles. The predicted octanol–water partition coefficient (Wildman–Crippen LogP) is 3.31. The van der Waals surface area contributed by atoms with Crippen LogP contribution in [-0.4, -0.2) is 15.8 Å². The summed E-state index contributed by atoms with van der Waals surface area (Å²) in [7, 11) is 0. The van der Waals surface area contributed by atoms with E-state index >= 15 is 0 Å². The number of nitrogens with one attached hydrogen (secondary N) is 1. The second kappa shape index (κ2) is 5.79. The summed E-state index contributed by atoms with van der Waals surface area (Å²) >= 11 is 3.23. The van der Waals surface area contributed by atoms with Gasteiger partial charge < -0.3 is 5.32 Å². The van der Waals surface area contributed by atoms with Crippen molar-refractivity contribution in [1.82, 2.24) is 4.98 Å². The van der Waals surface area contributed by atoms with Crippen molar-refractivity contribution in [2.75, 3.05) is 5.32 Å². The third-order valence-corrected chi connectivity index (χ3v) is 3.29. The van der Waals surface area contributed by atoms with Crippen LogP contribution in [0.4, 0.5) is 11.4 Å². The molecular formula is C13H10BrN3O3. The number of halogens is 1. The molecule has 1 amide bonds. The van der Waals surface area contributed by atoms with Gasteiger partial charge in [-0.1, -0.05) is 0 Å². The molecule has 20 heavy (non-hydrogen) atoms. The Hall–Kier alpha value is -2.28. The van der Waals surface area contributed by atoms with Crippen LogP contribution < -0.4 is 5.32 Å². The highest BCUT2D eigenvalue weighted by Crippen LogP contribution is 2.22. The van der Waals surface area contributed by atoms with Crippen LogP contribution in [0.3, 0.4) is 0 Å². The number of nitrogens with zero attached hydrogens (tertiary/aromatic N) is 2. The van der Waals surface area contributed by atoms with E-state index in [1.807, 2.05) is 0 Å². The number of carbonyl (C=O) groups excluding carboxylic acids is 1. The first-order chi connectivity index (χ1) is 9.49. The topological polar surface area (TPSA) is 85.1 Å². The molecule has 1 aromatic heterocycles. The lowest BCUT2D eigenvalue weighted by atomic mass is 10.1. The number of nitro groups is 1. The van der Waals surface area contributed by atoms with Crippen molar-refractivity contribution >= 4 is 33.2 Å². The van der Waals surface area contributed by atoms with Crippen LogP contribution in [0.1, 0.15) is 15.9 Å². The lowest BCUT2D eigenvalue weighted by molar-refractivity contribution is -0.385. The maximum absolute atomic E-state index is 12.1. The molecule has 0 atom stereocenters. The monoisotopic (exact) mass is 335 g/mol. The number of benzene rings is 1. The van der Waals surface area contributed by atoms with Crippen molar-refractivity contribution in [2.45, 2.75) is 6.92 Å². The Morgan fingerprint density at radius 3 is 2.75 bits per heavy atom. The maximum Gasteiger partial charge on any atom is 0.272 e. The molecule has 0 aliphatic heterocycles. The number of rotatable bonds is 3. The van der Waals surface area contributed by atoms with Gasteiger partial charge in [-0.05, 0) is 47.1 Å². The van der Waals surface area contributed by atoms with Gasteiger partial charge in [0.15, 0.2) is 0 Å². The highest BCUT2D eigenvalue weighted by Gasteiger charge is 2.14. The Labute approximate surface area is 123 Å². The average Bonchev–Trinajstić information content (AvgIpc) is 2.40. The van der Waals surface area contributed by atoms with Crippen LogP contribution in [0.5, 0.6) is 0 Å². The van der Waals surface area contributed by atoms with Crippen LogP contribution in [0.15, 0.2) is 41.1 Å². The number of anilines is 1. The molecule has 0 fully saturated rings. The Morgan fingerprint density at radius 1 is 1.40 bits per heavy atom. The first kappa shape index (κ1) is 14.1. The molecule has 102 valence electrons. The number of nitro benzene ring substituents is 1. The fourth-order valence-corrected chi connectivity index (χ4v) is 2.02. The fraction of sp³-hybridized carbons (Fsp3) is 0.0769. The van der Waals surface area contributed by atoms with E-state index in [9.17, 15) is 14.9 Å². The van der Waals surface area contributed by atoms with Crippen LogP contribution in [-0.2, 0) is 0 Å². The number of amides is 1. The van der Waals surface area contributed by atoms with E-state index in [1.54, 1.807) is 25.3 Å².